The molecule has 3 heteroatoms. The van der Waals surface area contributed by atoms with Gasteiger partial charge in [-0.15, -0.1) is 0 Å². The van der Waals surface area contributed by atoms with Crippen LogP contribution in [0.4, 0.5) is 0 Å². The fraction of sp³-hybridized carbons (Fsp3) is 0.133. The number of hydrogen-bond acceptors (Lipinski definition) is 2. The highest BCUT2D eigenvalue weighted by molar-refractivity contribution is 5.85. The van der Waals surface area contributed by atoms with Crippen molar-refractivity contribution in [2.45, 2.75) is 13.0 Å². The number of nitrogens with zero attached hydrogens (tertiary/aromatic N) is 2. The van der Waals surface area contributed by atoms with E-state index in [-0.39, 0.29) is 11.8 Å². The quantitative estimate of drug-likeness (QED) is 0.743. The molecule has 2 heterocycles. The molecule has 1 N–H and O–H groups in total. The van der Waals surface area contributed by atoms with Crippen molar-refractivity contribution >= 4 is 10.9 Å². The van der Waals surface area contributed by atoms with Gasteiger partial charge >= 0.3 is 0 Å². The van der Waals surface area contributed by atoms with Crippen molar-refractivity contribution < 1.29 is 5.11 Å². The van der Waals surface area contributed by atoms with Crippen LogP contribution in [-0.4, -0.2) is 14.7 Å². The van der Waals surface area contributed by atoms with E-state index in [0.717, 1.165) is 10.9 Å². The molecule has 0 aliphatic heterocycles. The summed E-state index contributed by atoms with van der Waals surface area (Å²) < 4.78 is 2.12. The number of aromatic hydroxyl groups is 1. The van der Waals surface area contributed by atoms with Crippen LogP contribution in [0.15, 0.2) is 55.0 Å². The zero-order valence-electron chi connectivity index (χ0n) is 10.1. The first-order chi connectivity index (χ1) is 8.77. The molecule has 3 nitrogen and oxygen atoms in total. The van der Waals surface area contributed by atoms with Crippen LogP contribution in [0, 0.1) is 0 Å². The van der Waals surface area contributed by atoms with Gasteiger partial charge < -0.3 is 9.67 Å². The monoisotopic (exact) mass is 238 g/mol. The van der Waals surface area contributed by atoms with Gasteiger partial charge in [-0.1, -0.05) is 30.3 Å². The van der Waals surface area contributed by atoms with Crippen LogP contribution in [0.2, 0.25) is 0 Å². The maximum absolute atomic E-state index is 9.76. The molecule has 18 heavy (non-hydrogen) atoms. The maximum Gasteiger partial charge on any atom is 0.143 e. The lowest BCUT2D eigenvalue weighted by atomic mass is 10.1. The average molecular weight is 238 g/mol. The molecule has 0 fully saturated rings. The molecular weight excluding hydrogens is 224 g/mol. The van der Waals surface area contributed by atoms with E-state index in [4.69, 9.17) is 0 Å². The predicted molar refractivity (Wildman–Crippen MR) is 71.7 cm³/mol. The lowest BCUT2D eigenvalue weighted by Gasteiger charge is -2.15. The molecule has 0 radical (unpaired) electrons. The van der Waals surface area contributed by atoms with Crippen molar-refractivity contribution in [2.24, 2.45) is 0 Å². The summed E-state index contributed by atoms with van der Waals surface area (Å²) in [5.74, 6) is 0.228. The van der Waals surface area contributed by atoms with Crippen molar-refractivity contribution in [3.63, 3.8) is 0 Å². The number of hydrogen-bond donors (Lipinski definition) is 1. The minimum Gasteiger partial charge on any atom is -0.506 e. The van der Waals surface area contributed by atoms with Crippen molar-refractivity contribution in [3.8, 4) is 5.75 Å². The average Bonchev–Trinajstić information content (AvgIpc) is 2.84. The third-order valence-electron chi connectivity index (χ3n) is 3.32. The SMILES string of the molecule is C[C@H](c1ccccc1)n1ccc2c(O)cncc21. The molecule has 0 aliphatic carbocycles. The van der Waals surface area contributed by atoms with Crippen LogP contribution < -0.4 is 0 Å². The molecule has 3 aromatic rings. The second-order valence-electron chi connectivity index (χ2n) is 4.40. The molecule has 1 atom stereocenters. The van der Waals surface area contributed by atoms with Crippen LogP contribution >= 0.6 is 0 Å². The summed E-state index contributed by atoms with van der Waals surface area (Å²) in [6.07, 6.45) is 5.25. The molecule has 0 amide bonds. The van der Waals surface area contributed by atoms with Gasteiger partial charge in [0.25, 0.3) is 0 Å². The molecule has 1 aromatic carbocycles. The molecule has 90 valence electrons. The molecule has 2 aromatic heterocycles. The normalized spacial score (nSPS) is 12.7. The van der Waals surface area contributed by atoms with Crippen LogP contribution in [0.1, 0.15) is 18.5 Å². The van der Waals surface area contributed by atoms with E-state index in [2.05, 4.69) is 28.6 Å². The summed E-state index contributed by atoms with van der Waals surface area (Å²) in [4.78, 5) is 4.05. The number of fused-ring (bicyclic) bond motifs is 1. The van der Waals surface area contributed by atoms with E-state index in [9.17, 15) is 5.11 Å². The van der Waals surface area contributed by atoms with E-state index in [1.165, 1.54) is 11.8 Å². The highest BCUT2D eigenvalue weighted by Gasteiger charge is 2.11. The standard InChI is InChI=1S/C15H14N2O/c1-11(12-5-3-2-4-6-12)17-8-7-13-14(17)9-16-10-15(13)18/h2-11,18H,1H3/t11-/m1/s1. The number of benzene rings is 1. The largest absolute Gasteiger partial charge is 0.506 e. The Kier molecular flexibility index (Phi) is 2.52. The molecule has 0 saturated heterocycles. The van der Waals surface area contributed by atoms with Crippen LogP contribution in [0.5, 0.6) is 5.75 Å². The van der Waals surface area contributed by atoms with Gasteiger partial charge in [-0.3, -0.25) is 4.98 Å². The minimum absolute atomic E-state index is 0.215. The summed E-state index contributed by atoms with van der Waals surface area (Å²) in [5.41, 5.74) is 2.18. The van der Waals surface area contributed by atoms with E-state index in [1.54, 1.807) is 6.20 Å². The number of aromatic nitrogens is 2. The van der Waals surface area contributed by atoms with Gasteiger partial charge in [-0.25, -0.2) is 0 Å². The number of pyridine rings is 1. The van der Waals surface area contributed by atoms with Crippen molar-refractivity contribution in [1.29, 1.82) is 0 Å². The Morgan fingerprint density at radius 1 is 1.11 bits per heavy atom. The Hall–Kier alpha value is -2.29. The molecule has 0 spiro atoms. The first kappa shape index (κ1) is 10.8. The van der Waals surface area contributed by atoms with Gasteiger partial charge in [0.2, 0.25) is 0 Å². The Labute approximate surface area is 105 Å². The van der Waals surface area contributed by atoms with E-state index in [1.807, 2.05) is 30.5 Å². The van der Waals surface area contributed by atoms with Crippen LogP contribution in [0.25, 0.3) is 10.9 Å². The smallest absolute Gasteiger partial charge is 0.143 e. The second kappa shape index (κ2) is 4.18. The molecular formula is C15H14N2O. The topological polar surface area (TPSA) is 38.0 Å². The van der Waals surface area contributed by atoms with Gasteiger partial charge in [0, 0.05) is 11.6 Å². The van der Waals surface area contributed by atoms with Crippen LogP contribution in [-0.2, 0) is 0 Å². The Bertz CT molecular complexity index is 673. The summed E-state index contributed by atoms with van der Waals surface area (Å²) >= 11 is 0. The highest BCUT2D eigenvalue weighted by Crippen LogP contribution is 2.28. The molecule has 0 aliphatic rings. The van der Waals surface area contributed by atoms with Gasteiger partial charge in [-0.05, 0) is 18.6 Å². The minimum atomic E-state index is 0.215. The summed E-state index contributed by atoms with van der Waals surface area (Å²) in [7, 11) is 0. The predicted octanol–water partition coefficient (Wildman–Crippen LogP) is 3.35. The summed E-state index contributed by atoms with van der Waals surface area (Å²) in [6, 6.07) is 12.4. The van der Waals surface area contributed by atoms with Crippen molar-refractivity contribution in [2.75, 3.05) is 0 Å². The third-order valence-corrected chi connectivity index (χ3v) is 3.32. The highest BCUT2D eigenvalue weighted by atomic mass is 16.3. The molecule has 0 bridgehead atoms. The molecule has 0 saturated carbocycles. The maximum atomic E-state index is 9.76. The van der Waals surface area contributed by atoms with Gasteiger partial charge in [0.05, 0.1) is 24.0 Å². The van der Waals surface area contributed by atoms with Crippen molar-refractivity contribution in [1.82, 2.24) is 9.55 Å². The Morgan fingerprint density at radius 2 is 1.89 bits per heavy atom. The molecule has 0 unspecified atom stereocenters. The lowest BCUT2D eigenvalue weighted by molar-refractivity contribution is 0.479. The van der Waals surface area contributed by atoms with Gasteiger partial charge in [0.1, 0.15) is 5.75 Å². The van der Waals surface area contributed by atoms with Gasteiger partial charge in [0.15, 0.2) is 0 Å². The summed E-state index contributed by atoms with van der Waals surface area (Å²) in [6.45, 7) is 2.14. The molecule has 3 rings (SSSR count). The fourth-order valence-electron chi connectivity index (χ4n) is 2.29. The fourth-order valence-corrected chi connectivity index (χ4v) is 2.29. The van der Waals surface area contributed by atoms with Crippen molar-refractivity contribution in [3.05, 3.63) is 60.6 Å². The van der Waals surface area contributed by atoms with E-state index < -0.39 is 0 Å². The second-order valence-corrected chi connectivity index (χ2v) is 4.40. The first-order valence-corrected chi connectivity index (χ1v) is 5.96. The third kappa shape index (κ3) is 1.64. The zero-order valence-corrected chi connectivity index (χ0v) is 10.1. The van der Waals surface area contributed by atoms with E-state index in [0.29, 0.717) is 0 Å². The summed E-state index contributed by atoms with van der Waals surface area (Å²) in [5, 5.41) is 10.6. The lowest BCUT2D eigenvalue weighted by Crippen LogP contribution is -2.05. The number of rotatable bonds is 2. The first-order valence-electron chi connectivity index (χ1n) is 5.96. The van der Waals surface area contributed by atoms with Crippen LogP contribution in [0.3, 0.4) is 0 Å². The zero-order chi connectivity index (χ0) is 12.5. The Morgan fingerprint density at radius 3 is 2.67 bits per heavy atom. The van der Waals surface area contributed by atoms with Gasteiger partial charge in [-0.2, -0.15) is 0 Å². The van der Waals surface area contributed by atoms with E-state index >= 15 is 0 Å². The Balaban J connectivity index is 2.13.